The van der Waals surface area contributed by atoms with Gasteiger partial charge in [0.2, 0.25) is 0 Å². The van der Waals surface area contributed by atoms with Gasteiger partial charge in [0.15, 0.2) is 0 Å². The number of nitriles is 1. The first-order valence-electron chi connectivity index (χ1n) is 7.44. The summed E-state index contributed by atoms with van der Waals surface area (Å²) in [7, 11) is 0. The Morgan fingerprint density at radius 2 is 2.00 bits per heavy atom. The van der Waals surface area contributed by atoms with Crippen LogP contribution in [0.3, 0.4) is 0 Å². The molecule has 0 aromatic heterocycles. The van der Waals surface area contributed by atoms with E-state index in [2.05, 4.69) is 44.3 Å². The van der Waals surface area contributed by atoms with Gasteiger partial charge >= 0.3 is 0 Å². The molecule has 1 unspecified atom stereocenters. The SMILES string of the molecule is CCCNC(C#N)(CCSCC(C)C)c1ccccc1. The number of rotatable bonds is 9. The Hall–Kier alpha value is -0.980. The van der Waals surface area contributed by atoms with Gasteiger partial charge in [-0.3, -0.25) is 5.32 Å². The highest BCUT2D eigenvalue weighted by atomic mass is 32.2. The second kappa shape index (κ2) is 9.05. The fourth-order valence-electron chi connectivity index (χ4n) is 2.10. The van der Waals surface area contributed by atoms with Crippen LogP contribution in [0.15, 0.2) is 30.3 Å². The molecule has 0 radical (unpaired) electrons. The Labute approximate surface area is 128 Å². The Morgan fingerprint density at radius 3 is 2.55 bits per heavy atom. The van der Waals surface area contributed by atoms with E-state index in [0.717, 1.165) is 36.5 Å². The first kappa shape index (κ1) is 17.1. The average molecular weight is 290 g/mol. The van der Waals surface area contributed by atoms with Crippen LogP contribution in [0.25, 0.3) is 0 Å². The predicted molar refractivity (Wildman–Crippen MR) is 88.8 cm³/mol. The van der Waals surface area contributed by atoms with Gasteiger partial charge in [0.25, 0.3) is 0 Å². The molecule has 0 saturated heterocycles. The number of hydrogen-bond donors (Lipinski definition) is 1. The minimum absolute atomic E-state index is 0.540. The summed E-state index contributed by atoms with van der Waals surface area (Å²) in [4.78, 5) is 0. The van der Waals surface area contributed by atoms with Gasteiger partial charge in [-0.1, -0.05) is 51.1 Å². The normalized spacial score (nSPS) is 13.9. The highest BCUT2D eigenvalue weighted by Gasteiger charge is 2.30. The van der Waals surface area contributed by atoms with Crippen molar-refractivity contribution in [3.8, 4) is 6.07 Å². The summed E-state index contributed by atoms with van der Waals surface area (Å²) in [6.45, 7) is 7.47. The predicted octanol–water partition coefficient (Wildman–Crippen LogP) is 4.18. The average Bonchev–Trinajstić information content (AvgIpc) is 2.48. The Balaban J connectivity index is 2.76. The van der Waals surface area contributed by atoms with Crippen LogP contribution in [0.2, 0.25) is 0 Å². The second-order valence-electron chi connectivity index (χ2n) is 5.53. The lowest BCUT2D eigenvalue weighted by molar-refractivity contribution is 0.416. The molecule has 2 nitrogen and oxygen atoms in total. The van der Waals surface area contributed by atoms with Crippen LogP contribution in [0.4, 0.5) is 0 Å². The molecular formula is C17H26N2S. The maximum atomic E-state index is 9.74. The van der Waals surface area contributed by atoms with E-state index in [0.29, 0.717) is 5.92 Å². The zero-order valence-corrected chi connectivity index (χ0v) is 13.7. The molecule has 1 aromatic rings. The Kier molecular flexibility index (Phi) is 7.72. The summed E-state index contributed by atoms with van der Waals surface area (Å²) in [5, 5.41) is 13.2. The van der Waals surface area contributed by atoms with Gasteiger partial charge in [0.1, 0.15) is 5.54 Å². The summed E-state index contributed by atoms with van der Waals surface area (Å²) in [6.07, 6.45) is 1.89. The molecule has 0 aliphatic rings. The zero-order valence-electron chi connectivity index (χ0n) is 12.9. The van der Waals surface area contributed by atoms with Gasteiger partial charge in [-0.25, -0.2) is 0 Å². The second-order valence-corrected chi connectivity index (χ2v) is 6.68. The molecule has 0 aliphatic carbocycles. The summed E-state index contributed by atoms with van der Waals surface area (Å²) in [6, 6.07) is 12.7. The molecule has 0 fully saturated rings. The van der Waals surface area contributed by atoms with Crippen molar-refractivity contribution >= 4 is 11.8 Å². The molecule has 3 heteroatoms. The quantitative estimate of drug-likeness (QED) is 0.693. The smallest absolute Gasteiger partial charge is 0.133 e. The van der Waals surface area contributed by atoms with Crippen LogP contribution in [0.1, 0.15) is 39.2 Å². The first-order chi connectivity index (χ1) is 9.64. The highest BCUT2D eigenvalue weighted by molar-refractivity contribution is 7.99. The van der Waals surface area contributed by atoms with E-state index in [4.69, 9.17) is 0 Å². The van der Waals surface area contributed by atoms with Crippen molar-refractivity contribution in [2.75, 3.05) is 18.1 Å². The summed E-state index contributed by atoms with van der Waals surface area (Å²) < 4.78 is 0. The van der Waals surface area contributed by atoms with Crippen molar-refractivity contribution in [3.63, 3.8) is 0 Å². The fourth-order valence-corrected chi connectivity index (χ4v) is 3.19. The van der Waals surface area contributed by atoms with Crippen LogP contribution in [0, 0.1) is 17.2 Å². The van der Waals surface area contributed by atoms with E-state index in [1.165, 1.54) is 0 Å². The van der Waals surface area contributed by atoms with Crippen LogP contribution in [0.5, 0.6) is 0 Å². The van der Waals surface area contributed by atoms with Crippen molar-refractivity contribution in [2.45, 2.75) is 39.2 Å². The monoisotopic (exact) mass is 290 g/mol. The van der Waals surface area contributed by atoms with E-state index in [1.807, 2.05) is 30.0 Å². The van der Waals surface area contributed by atoms with Gasteiger partial charge in [-0.05, 0) is 42.4 Å². The minimum atomic E-state index is -0.540. The molecular weight excluding hydrogens is 264 g/mol. The van der Waals surface area contributed by atoms with E-state index in [1.54, 1.807) is 0 Å². The topological polar surface area (TPSA) is 35.8 Å². The van der Waals surface area contributed by atoms with E-state index in [-0.39, 0.29) is 0 Å². The van der Waals surface area contributed by atoms with Crippen molar-refractivity contribution in [2.24, 2.45) is 5.92 Å². The molecule has 1 N–H and O–H groups in total. The third kappa shape index (κ3) is 5.19. The highest BCUT2D eigenvalue weighted by Crippen LogP contribution is 2.27. The van der Waals surface area contributed by atoms with E-state index in [9.17, 15) is 5.26 Å². The maximum absolute atomic E-state index is 9.74. The number of thioether (sulfide) groups is 1. The summed E-state index contributed by atoms with van der Waals surface area (Å²) in [5.41, 5.74) is 0.544. The fraction of sp³-hybridized carbons (Fsp3) is 0.588. The number of nitrogens with zero attached hydrogens (tertiary/aromatic N) is 1. The molecule has 0 heterocycles. The summed E-state index contributed by atoms with van der Waals surface area (Å²) in [5.74, 6) is 2.87. The molecule has 1 aromatic carbocycles. The number of nitrogens with one attached hydrogen (secondary N) is 1. The van der Waals surface area contributed by atoms with Crippen molar-refractivity contribution in [1.82, 2.24) is 5.32 Å². The molecule has 0 aliphatic heterocycles. The third-order valence-corrected chi connectivity index (χ3v) is 4.60. The molecule has 0 bridgehead atoms. The van der Waals surface area contributed by atoms with Crippen LogP contribution < -0.4 is 5.32 Å². The van der Waals surface area contributed by atoms with Crippen LogP contribution in [-0.4, -0.2) is 18.1 Å². The zero-order chi connectivity index (χ0) is 14.8. The summed E-state index contributed by atoms with van der Waals surface area (Å²) >= 11 is 1.94. The molecule has 0 saturated carbocycles. The van der Waals surface area contributed by atoms with Crippen molar-refractivity contribution < 1.29 is 0 Å². The largest absolute Gasteiger partial charge is 0.296 e. The number of hydrogen-bond acceptors (Lipinski definition) is 3. The molecule has 1 rings (SSSR count). The molecule has 0 amide bonds. The van der Waals surface area contributed by atoms with Crippen LogP contribution >= 0.6 is 11.8 Å². The first-order valence-corrected chi connectivity index (χ1v) is 8.59. The van der Waals surface area contributed by atoms with E-state index < -0.39 is 5.54 Å². The molecule has 1 atom stereocenters. The lowest BCUT2D eigenvalue weighted by Gasteiger charge is -2.28. The molecule has 0 spiro atoms. The van der Waals surface area contributed by atoms with Gasteiger partial charge in [0, 0.05) is 0 Å². The van der Waals surface area contributed by atoms with E-state index >= 15 is 0 Å². The Bertz CT molecular complexity index is 411. The molecule has 110 valence electrons. The van der Waals surface area contributed by atoms with Crippen molar-refractivity contribution in [3.05, 3.63) is 35.9 Å². The lowest BCUT2D eigenvalue weighted by Crippen LogP contribution is -2.42. The maximum Gasteiger partial charge on any atom is 0.133 e. The third-order valence-electron chi connectivity index (χ3n) is 3.21. The van der Waals surface area contributed by atoms with Gasteiger partial charge in [-0.2, -0.15) is 17.0 Å². The lowest BCUT2D eigenvalue weighted by atomic mass is 9.88. The number of benzene rings is 1. The minimum Gasteiger partial charge on any atom is -0.296 e. The van der Waals surface area contributed by atoms with Crippen molar-refractivity contribution in [1.29, 1.82) is 5.26 Å². The van der Waals surface area contributed by atoms with Gasteiger partial charge < -0.3 is 0 Å². The Morgan fingerprint density at radius 1 is 1.30 bits per heavy atom. The molecule has 20 heavy (non-hydrogen) atoms. The standard InChI is InChI=1S/C17H26N2S/c1-4-11-19-17(14-18,10-12-20-13-15(2)3)16-8-6-5-7-9-16/h5-9,15,19H,4,10-13H2,1-3H3. The van der Waals surface area contributed by atoms with Gasteiger partial charge in [0.05, 0.1) is 6.07 Å². The van der Waals surface area contributed by atoms with Gasteiger partial charge in [-0.15, -0.1) is 0 Å². The van der Waals surface area contributed by atoms with Crippen LogP contribution in [-0.2, 0) is 5.54 Å².